The lowest BCUT2D eigenvalue weighted by molar-refractivity contribution is 0.380. The fourth-order valence-electron chi connectivity index (χ4n) is 3.30. The first kappa shape index (κ1) is 12.6. The topological polar surface area (TPSA) is 26.0 Å². The summed E-state index contributed by atoms with van der Waals surface area (Å²) in [7, 11) is 0. The molecule has 1 aromatic rings. The highest BCUT2D eigenvalue weighted by Crippen LogP contribution is 2.38. The number of benzene rings is 1. The fourth-order valence-corrected chi connectivity index (χ4v) is 3.30. The van der Waals surface area contributed by atoms with Crippen LogP contribution < -0.4 is 5.73 Å². The van der Waals surface area contributed by atoms with E-state index in [1.807, 2.05) is 0 Å². The molecule has 0 saturated heterocycles. The number of hydrogen-bond donors (Lipinski definition) is 1. The van der Waals surface area contributed by atoms with Crippen molar-refractivity contribution in [1.82, 2.24) is 0 Å². The van der Waals surface area contributed by atoms with Gasteiger partial charge in [0.2, 0.25) is 0 Å². The van der Waals surface area contributed by atoms with Crippen molar-refractivity contribution in [2.45, 2.75) is 57.8 Å². The molecule has 0 aliphatic heterocycles. The Hall–Kier alpha value is -0.820. The molecule has 0 radical (unpaired) electrons. The molecule has 0 unspecified atom stereocenters. The van der Waals surface area contributed by atoms with Crippen LogP contribution in [0.4, 0.5) is 0 Å². The fraction of sp³-hybridized carbons (Fsp3) is 0.625. The molecule has 1 saturated carbocycles. The molecule has 2 N–H and O–H groups in total. The molecule has 2 rings (SSSR count). The first-order valence-corrected chi connectivity index (χ1v) is 6.95. The Labute approximate surface area is 105 Å². The minimum Gasteiger partial charge on any atom is -0.330 e. The molecule has 0 spiro atoms. The van der Waals surface area contributed by atoms with E-state index in [0.29, 0.717) is 0 Å². The highest BCUT2D eigenvalue weighted by Gasteiger charge is 2.31. The van der Waals surface area contributed by atoms with Crippen LogP contribution in [0.2, 0.25) is 0 Å². The van der Waals surface area contributed by atoms with Crippen molar-refractivity contribution in [1.29, 1.82) is 0 Å². The summed E-state index contributed by atoms with van der Waals surface area (Å²) in [6.07, 6.45) is 7.98. The van der Waals surface area contributed by atoms with Crippen LogP contribution in [0, 0.1) is 13.8 Å². The van der Waals surface area contributed by atoms with Gasteiger partial charge in [0.1, 0.15) is 0 Å². The molecule has 1 heteroatoms. The predicted molar refractivity (Wildman–Crippen MR) is 74.4 cm³/mol. The third-order valence-electron chi connectivity index (χ3n) is 4.29. The van der Waals surface area contributed by atoms with Gasteiger partial charge in [0, 0.05) is 12.0 Å². The minimum absolute atomic E-state index is 0.257. The first-order valence-electron chi connectivity index (χ1n) is 6.95. The first-order chi connectivity index (χ1) is 8.16. The van der Waals surface area contributed by atoms with Crippen molar-refractivity contribution >= 4 is 0 Å². The maximum absolute atomic E-state index is 6.14. The zero-order chi connectivity index (χ0) is 12.3. The van der Waals surface area contributed by atoms with Crippen LogP contribution in [0.5, 0.6) is 0 Å². The SMILES string of the molecule is Cc1cc(C)cc(C2(CN)CCCCCC2)c1. The second kappa shape index (κ2) is 5.22. The lowest BCUT2D eigenvalue weighted by atomic mass is 9.73. The maximum Gasteiger partial charge on any atom is 0.00757 e. The van der Waals surface area contributed by atoms with Crippen LogP contribution in [0.1, 0.15) is 55.2 Å². The van der Waals surface area contributed by atoms with Crippen molar-refractivity contribution in [3.8, 4) is 0 Å². The van der Waals surface area contributed by atoms with E-state index in [4.69, 9.17) is 5.73 Å². The molecular formula is C16H25N. The molecule has 0 atom stereocenters. The molecule has 0 aromatic heterocycles. The molecule has 0 amide bonds. The van der Waals surface area contributed by atoms with Crippen LogP contribution in [0.15, 0.2) is 18.2 Å². The Kier molecular flexibility index (Phi) is 3.88. The van der Waals surface area contributed by atoms with Gasteiger partial charge < -0.3 is 5.73 Å². The highest BCUT2D eigenvalue weighted by molar-refractivity contribution is 5.34. The second-order valence-electron chi connectivity index (χ2n) is 5.78. The summed E-state index contributed by atoms with van der Waals surface area (Å²) in [6.45, 7) is 5.19. The van der Waals surface area contributed by atoms with E-state index < -0.39 is 0 Å². The Morgan fingerprint density at radius 2 is 1.47 bits per heavy atom. The standard InChI is InChI=1S/C16H25N/c1-13-9-14(2)11-15(10-13)16(12-17)7-5-3-4-6-8-16/h9-11H,3-8,12,17H2,1-2H3. The normalized spacial score (nSPS) is 19.9. The Balaban J connectivity index is 2.38. The van der Waals surface area contributed by atoms with Crippen LogP contribution in [-0.4, -0.2) is 6.54 Å². The van der Waals surface area contributed by atoms with Crippen LogP contribution in [0.25, 0.3) is 0 Å². The van der Waals surface area contributed by atoms with Crippen molar-refractivity contribution in [3.05, 3.63) is 34.9 Å². The Morgan fingerprint density at radius 1 is 0.941 bits per heavy atom. The molecule has 1 aromatic carbocycles. The smallest absolute Gasteiger partial charge is 0.00757 e. The summed E-state index contributed by atoms with van der Waals surface area (Å²) in [5.41, 5.74) is 10.6. The summed E-state index contributed by atoms with van der Waals surface area (Å²) in [6, 6.07) is 6.96. The third-order valence-corrected chi connectivity index (χ3v) is 4.29. The molecular weight excluding hydrogens is 206 g/mol. The van der Waals surface area contributed by atoms with Crippen molar-refractivity contribution in [3.63, 3.8) is 0 Å². The third kappa shape index (κ3) is 2.71. The van der Waals surface area contributed by atoms with Gasteiger partial charge in [0.15, 0.2) is 0 Å². The van der Waals surface area contributed by atoms with Gasteiger partial charge in [0.25, 0.3) is 0 Å². The minimum atomic E-state index is 0.257. The van der Waals surface area contributed by atoms with Crippen molar-refractivity contribution in [2.24, 2.45) is 5.73 Å². The molecule has 94 valence electrons. The zero-order valence-electron chi connectivity index (χ0n) is 11.3. The van der Waals surface area contributed by atoms with Gasteiger partial charge in [-0.25, -0.2) is 0 Å². The predicted octanol–water partition coefficient (Wildman–Crippen LogP) is 3.85. The van der Waals surface area contributed by atoms with E-state index in [1.54, 1.807) is 0 Å². The van der Waals surface area contributed by atoms with Gasteiger partial charge in [-0.15, -0.1) is 0 Å². The van der Waals surface area contributed by atoms with Gasteiger partial charge in [-0.05, 0) is 32.3 Å². The van der Waals surface area contributed by atoms with E-state index in [2.05, 4.69) is 32.0 Å². The number of rotatable bonds is 2. The van der Waals surface area contributed by atoms with E-state index in [9.17, 15) is 0 Å². The van der Waals surface area contributed by atoms with Crippen LogP contribution in [-0.2, 0) is 5.41 Å². The quantitative estimate of drug-likeness (QED) is 0.769. The maximum atomic E-state index is 6.14. The van der Waals surface area contributed by atoms with E-state index in [-0.39, 0.29) is 5.41 Å². The summed E-state index contributed by atoms with van der Waals surface area (Å²) >= 11 is 0. The van der Waals surface area contributed by atoms with Crippen molar-refractivity contribution < 1.29 is 0 Å². The zero-order valence-corrected chi connectivity index (χ0v) is 11.3. The average molecular weight is 231 g/mol. The van der Waals surface area contributed by atoms with E-state index in [1.165, 1.54) is 55.2 Å². The lowest BCUT2D eigenvalue weighted by Gasteiger charge is -2.32. The average Bonchev–Trinajstić information content (AvgIpc) is 2.53. The number of hydrogen-bond acceptors (Lipinski definition) is 1. The number of nitrogens with two attached hydrogens (primary N) is 1. The molecule has 1 aliphatic carbocycles. The van der Waals surface area contributed by atoms with Gasteiger partial charge in [0.05, 0.1) is 0 Å². The monoisotopic (exact) mass is 231 g/mol. The van der Waals surface area contributed by atoms with Gasteiger partial charge in [-0.2, -0.15) is 0 Å². The lowest BCUT2D eigenvalue weighted by Crippen LogP contribution is -2.34. The molecule has 0 bridgehead atoms. The molecule has 0 heterocycles. The molecule has 1 nitrogen and oxygen atoms in total. The summed E-state index contributed by atoms with van der Waals surface area (Å²) in [5, 5.41) is 0. The summed E-state index contributed by atoms with van der Waals surface area (Å²) < 4.78 is 0. The number of aryl methyl sites for hydroxylation is 2. The summed E-state index contributed by atoms with van der Waals surface area (Å²) in [4.78, 5) is 0. The largest absolute Gasteiger partial charge is 0.330 e. The second-order valence-corrected chi connectivity index (χ2v) is 5.78. The summed E-state index contributed by atoms with van der Waals surface area (Å²) in [5.74, 6) is 0. The Bertz CT molecular complexity index is 353. The van der Waals surface area contributed by atoms with Crippen LogP contribution in [0.3, 0.4) is 0 Å². The highest BCUT2D eigenvalue weighted by atomic mass is 14.6. The van der Waals surface area contributed by atoms with Crippen LogP contribution >= 0.6 is 0 Å². The molecule has 1 aliphatic rings. The van der Waals surface area contributed by atoms with Gasteiger partial charge in [-0.1, -0.05) is 55.0 Å². The van der Waals surface area contributed by atoms with Gasteiger partial charge >= 0.3 is 0 Å². The van der Waals surface area contributed by atoms with E-state index >= 15 is 0 Å². The van der Waals surface area contributed by atoms with Crippen molar-refractivity contribution in [2.75, 3.05) is 6.54 Å². The Morgan fingerprint density at radius 3 is 1.94 bits per heavy atom. The van der Waals surface area contributed by atoms with Gasteiger partial charge in [-0.3, -0.25) is 0 Å². The van der Waals surface area contributed by atoms with E-state index in [0.717, 1.165) is 6.54 Å². The molecule has 1 fully saturated rings. The molecule has 17 heavy (non-hydrogen) atoms.